The van der Waals surface area contributed by atoms with Crippen LogP contribution in [0.2, 0.25) is 0 Å². The van der Waals surface area contributed by atoms with Gasteiger partial charge in [0, 0.05) is 24.7 Å². The van der Waals surface area contributed by atoms with Gasteiger partial charge in [-0.2, -0.15) is 0 Å². The van der Waals surface area contributed by atoms with Crippen LogP contribution in [-0.4, -0.2) is 37.2 Å². The molecule has 2 N–H and O–H groups in total. The van der Waals surface area contributed by atoms with Crippen LogP contribution in [0.15, 0.2) is 47.6 Å². The van der Waals surface area contributed by atoms with E-state index in [0.29, 0.717) is 19.0 Å². The summed E-state index contributed by atoms with van der Waals surface area (Å²) in [5.41, 5.74) is 2.21. The highest BCUT2D eigenvalue weighted by Gasteiger charge is 2.22. The number of methoxy groups -OCH3 is 1. The van der Waals surface area contributed by atoms with Crippen LogP contribution < -0.4 is 20.1 Å². The molecule has 0 aliphatic carbocycles. The van der Waals surface area contributed by atoms with E-state index >= 15 is 0 Å². The lowest BCUT2D eigenvalue weighted by atomic mass is 10.1. The average molecular weight is 340 g/mol. The molecule has 6 heteroatoms. The lowest BCUT2D eigenvalue weighted by Gasteiger charge is -2.15. The number of ether oxygens (including phenoxy) is 2. The molecule has 1 aliphatic rings. The van der Waals surface area contributed by atoms with Gasteiger partial charge in [0.05, 0.1) is 20.2 Å². The number of hydrogen-bond donors (Lipinski definition) is 2. The molecule has 0 bridgehead atoms. The molecule has 1 unspecified atom stereocenters. The van der Waals surface area contributed by atoms with Crippen molar-refractivity contribution in [3.05, 3.63) is 53.7 Å². The molecule has 25 heavy (non-hydrogen) atoms. The highest BCUT2D eigenvalue weighted by molar-refractivity contribution is 5.79. The third-order valence-corrected chi connectivity index (χ3v) is 4.01. The van der Waals surface area contributed by atoms with E-state index < -0.39 is 0 Å². The molecule has 0 fully saturated rings. The van der Waals surface area contributed by atoms with Gasteiger partial charge >= 0.3 is 0 Å². The second-order valence-corrected chi connectivity index (χ2v) is 5.80. The van der Waals surface area contributed by atoms with E-state index in [1.807, 2.05) is 37.3 Å². The number of nitrogens with one attached hydrogen (secondary N) is 2. The average Bonchev–Trinajstić information content (AvgIpc) is 3.07. The standard InChI is InChI=1S/C19H24N4O2/c1-3-20-19(22-12-15-8-6-10-21-18(15)24-2)23-13-16-11-14-7-4-5-9-17(14)25-16/h4-10,16H,3,11-13H2,1-2H3,(H2,20,22,23). The molecule has 1 atom stereocenters. The highest BCUT2D eigenvalue weighted by Crippen LogP contribution is 2.27. The van der Waals surface area contributed by atoms with Crippen LogP contribution in [0.25, 0.3) is 0 Å². The third-order valence-electron chi connectivity index (χ3n) is 4.01. The summed E-state index contributed by atoms with van der Waals surface area (Å²) in [4.78, 5) is 8.82. The fourth-order valence-corrected chi connectivity index (χ4v) is 2.81. The number of benzene rings is 1. The van der Waals surface area contributed by atoms with Crippen molar-refractivity contribution in [2.75, 3.05) is 20.2 Å². The molecule has 0 amide bonds. The van der Waals surface area contributed by atoms with Crippen molar-refractivity contribution >= 4 is 5.96 Å². The Morgan fingerprint density at radius 3 is 2.96 bits per heavy atom. The van der Waals surface area contributed by atoms with E-state index in [2.05, 4.69) is 26.7 Å². The fourth-order valence-electron chi connectivity index (χ4n) is 2.81. The normalized spacial score (nSPS) is 16.1. The van der Waals surface area contributed by atoms with E-state index in [-0.39, 0.29) is 6.10 Å². The van der Waals surface area contributed by atoms with E-state index in [1.165, 1.54) is 5.56 Å². The van der Waals surface area contributed by atoms with Crippen LogP contribution >= 0.6 is 0 Å². The summed E-state index contributed by atoms with van der Waals surface area (Å²) in [6.45, 7) is 4.04. The van der Waals surface area contributed by atoms with Crippen LogP contribution in [0.3, 0.4) is 0 Å². The zero-order valence-electron chi connectivity index (χ0n) is 14.7. The highest BCUT2D eigenvalue weighted by atomic mass is 16.5. The number of fused-ring (bicyclic) bond motifs is 1. The summed E-state index contributed by atoms with van der Waals surface area (Å²) in [7, 11) is 1.62. The maximum Gasteiger partial charge on any atom is 0.218 e. The molecular formula is C19H24N4O2. The zero-order chi connectivity index (χ0) is 17.5. The first-order valence-electron chi connectivity index (χ1n) is 8.54. The van der Waals surface area contributed by atoms with Gasteiger partial charge in [0.15, 0.2) is 5.96 Å². The maximum atomic E-state index is 5.96. The van der Waals surface area contributed by atoms with Crippen LogP contribution in [0.4, 0.5) is 0 Å². The predicted octanol–water partition coefficient (Wildman–Crippen LogP) is 2.15. The van der Waals surface area contributed by atoms with Crippen molar-refractivity contribution in [3.8, 4) is 11.6 Å². The van der Waals surface area contributed by atoms with Gasteiger partial charge in [-0.15, -0.1) is 0 Å². The Labute approximate surface area is 148 Å². The molecule has 1 aromatic carbocycles. The number of para-hydroxylation sites is 1. The number of rotatable bonds is 6. The van der Waals surface area contributed by atoms with Gasteiger partial charge < -0.3 is 20.1 Å². The van der Waals surface area contributed by atoms with E-state index in [9.17, 15) is 0 Å². The smallest absolute Gasteiger partial charge is 0.218 e. The maximum absolute atomic E-state index is 5.96. The monoisotopic (exact) mass is 340 g/mol. The molecule has 0 spiro atoms. The first-order valence-corrected chi connectivity index (χ1v) is 8.54. The molecule has 2 heterocycles. The summed E-state index contributed by atoms with van der Waals surface area (Å²) >= 11 is 0. The largest absolute Gasteiger partial charge is 0.488 e. The molecule has 132 valence electrons. The second-order valence-electron chi connectivity index (χ2n) is 5.80. The number of guanidine groups is 1. The minimum atomic E-state index is 0.120. The molecule has 0 saturated heterocycles. The molecule has 2 aromatic rings. The summed E-state index contributed by atoms with van der Waals surface area (Å²) in [5, 5.41) is 6.62. The summed E-state index contributed by atoms with van der Waals surface area (Å²) in [5.74, 6) is 2.35. The molecule has 1 aromatic heterocycles. The second kappa shape index (κ2) is 8.37. The number of aliphatic imine (C=N–C) groups is 1. The Morgan fingerprint density at radius 2 is 2.16 bits per heavy atom. The zero-order valence-corrected chi connectivity index (χ0v) is 14.7. The quantitative estimate of drug-likeness (QED) is 0.623. The predicted molar refractivity (Wildman–Crippen MR) is 98.2 cm³/mol. The van der Waals surface area contributed by atoms with Gasteiger partial charge in [0.2, 0.25) is 5.88 Å². The lowest BCUT2D eigenvalue weighted by molar-refractivity contribution is 0.235. The summed E-state index contributed by atoms with van der Waals surface area (Å²) in [6.07, 6.45) is 2.75. The molecule has 1 aliphatic heterocycles. The Balaban J connectivity index is 1.58. The van der Waals surface area contributed by atoms with Crippen molar-refractivity contribution in [2.24, 2.45) is 4.99 Å². The van der Waals surface area contributed by atoms with Crippen LogP contribution in [0, 0.1) is 0 Å². The van der Waals surface area contributed by atoms with Gasteiger partial charge in [0.1, 0.15) is 11.9 Å². The van der Waals surface area contributed by atoms with Gasteiger partial charge in [-0.1, -0.05) is 24.3 Å². The van der Waals surface area contributed by atoms with Crippen molar-refractivity contribution in [2.45, 2.75) is 26.0 Å². The Morgan fingerprint density at radius 1 is 1.28 bits per heavy atom. The number of pyridine rings is 1. The van der Waals surface area contributed by atoms with E-state index in [4.69, 9.17) is 9.47 Å². The van der Waals surface area contributed by atoms with Crippen LogP contribution in [-0.2, 0) is 13.0 Å². The van der Waals surface area contributed by atoms with E-state index in [0.717, 1.165) is 30.2 Å². The fraction of sp³-hybridized carbons (Fsp3) is 0.368. The minimum absolute atomic E-state index is 0.120. The van der Waals surface area contributed by atoms with Gasteiger partial charge in [-0.25, -0.2) is 9.98 Å². The Bertz CT molecular complexity index is 708. The van der Waals surface area contributed by atoms with Gasteiger partial charge in [0.25, 0.3) is 0 Å². The van der Waals surface area contributed by atoms with Crippen molar-refractivity contribution in [3.63, 3.8) is 0 Å². The van der Waals surface area contributed by atoms with Crippen molar-refractivity contribution in [1.82, 2.24) is 15.6 Å². The number of nitrogens with zero attached hydrogens (tertiary/aromatic N) is 2. The number of aromatic nitrogens is 1. The molecule has 0 saturated carbocycles. The van der Waals surface area contributed by atoms with Gasteiger partial charge in [-0.05, 0) is 24.6 Å². The number of hydrogen-bond acceptors (Lipinski definition) is 4. The van der Waals surface area contributed by atoms with Crippen LogP contribution in [0.5, 0.6) is 11.6 Å². The van der Waals surface area contributed by atoms with Crippen molar-refractivity contribution in [1.29, 1.82) is 0 Å². The topological polar surface area (TPSA) is 67.8 Å². The summed E-state index contributed by atoms with van der Waals surface area (Å²) in [6, 6.07) is 12.0. The minimum Gasteiger partial charge on any atom is -0.488 e. The summed E-state index contributed by atoms with van der Waals surface area (Å²) < 4.78 is 11.2. The van der Waals surface area contributed by atoms with E-state index in [1.54, 1.807) is 13.3 Å². The molecule has 0 radical (unpaired) electrons. The van der Waals surface area contributed by atoms with Crippen molar-refractivity contribution < 1.29 is 9.47 Å². The van der Waals surface area contributed by atoms with Crippen LogP contribution in [0.1, 0.15) is 18.1 Å². The molecule has 3 rings (SSSR count). The first-order chi connectivity index (χ1) is 12.3. The van der Waals surface area contributed by atoms with Gasteiger partial charge in [-0.3, -0.25) is 0 Å². The lowest BCUT2D eigenvalue weighted by Crippen LogP contribution is -2.42. The molecule has 6 nitrogen and oxygen atoms in total. The Kier molecular flexibility index (Phi) is 5.72. The third kappa shape index (κ3) is 4.41. The molecular weight excluding hydrogens is 316 g/mol. The SMILES string of the molecule is CCNC(=NCc1cccnc1OC)NCC1Cc2ccccc2O1. The Hall–Kier alpha value is -2.76. The first kappa shape index (κ1) is 17.1.